The van der Waals surface area contributed by atoms with Crippen molar-refractivity contribution in [1.29, 1.82) is 0 Å². The molecule has 57 heavy (non-hydrogen) atoms. The average molecular weight is 945 g/mol. The predicted octanol–water partition coefficient (Wildman–Crippen LogP) is 13.6. The van der Waals surface area contributed by atoms with Crippen LogP contribution in [0.1, 0.15) is 0 Å². The Bertz CT molecular complexity index is 2750. The fraction of sp³-hybridized carbons (Fsp3) is 0. The standard InChI is InChI=1S/C24H16N2.2C13H8NS.Ir/c1-3-7-17(8-4-1)19-13-15-25-23-21(19)11-12-22-20(14-16-26-24(22)23)18-9-5-2-6-10-18;2*1-2-7-12-10(5-1)9-13(15-12)11-6-3-4-8-14-11;/h1-16H;2*1-8H;/q;2*-1;. The monoisotopic (exact) mass is 945 g/mol. The number of fused-ring (bicyclic) bond motifs is 5. The molecular formula is C50H32IrN4S2-2. The van der Waals surface area contributed by atoms with E-state index in [1.807, 2.05) is 85.5 Å². The molecule has 0 saturated heterocycles. The average Bonchev–Trinajstić information content (AvgIpc) is 3.93. The molecule has 0 aliphatic carbocycles. The van der Waals surface area contributed by atoms with E-state index >= 15 is 0 Å². The summed E-state index contributed by atoms with van der Waals surface area (Å²) in [6.45, 7) is 0. The molecule has 11 aromatic rings. The van der Waals surface area contributed by atoms with E-state index in [0.717, 1.165) is 42.9 Å². The zero-order valence-electron chi connectivity index (χ0n) is 30.4. The first-order valence-corrected chi connectivity index (χ1v) is 19.8. The minimum atomic E-state index is 0. The number of aromatic nitrogens is 4. The van der Waals surface area contributed by atoms with Gasteiger partial charge in [0, 0.05) is 67.1 Å². The van der Waals surface area contributed by atoms with Crippen molar-refractivity contribution in [2.24, 2.45) is 0 Å². The van der Waals surface area contributed by atoms with Gasteiger partial charge in [-0.15, -0.1) is 47.2 Å². The Hall–Kier alpha value is -6.21. The van der Waals surface area contributed by atoms with Crippen LogP contribution in [0.5, 0.6) is 0 Å². The van der Waals surface area contributed by atoms with Crippen LogP contribution in [0.25, 0.3) is 85.4 Å². The summed E-state index contributed by atoms with van der Waals surface area (Å²) in [5.74, 6) is 0. The number of rotatable bonds is 4. The maximum absolute atomic E-state index is 4.67. The largest absolute Gasteiger partial charge is 0.303 e. The summed E-state index contributed by atoms with van der Waals surface area (Å²) in [5.41, 5.74) is 8.64. The molecule has 0 unspecified atom stereocenters. The van der Waals surface area contributed by atoms with Gasteiger partial charge in [-0.05, 0) is 65.7 Å². The SMILES string of the molecule is [Ir].[c-]1c(-c2ccccn2)sc2ccccc12.[c-]1c(-c2ccccn2)sc2ccccc12.c1ccc(-c2ccnc3c2ccc2c(-c4ccccc4)ccnc23)cc1. The number of hydrogen-bond donors (Lipinski definition) is 0. The quantitative estimate of drug-likeness (QED) is 0.130. The van der Waals surface area contributed by atoms with Gasteiger partial charge in [-0.25, -0.2) is 22.7 Å². The Kier molecular flexibility index (Phi) is 11.7. The van der Waals surface area contributed by atoms with Gasteiger partial charge in [-0.3, -0.25) is 9.97 Å². The molecule has 11 rings (SSSR count). The Morgan fingerprint density at radius 2 is 0.754 bits per heavy atom. The summed E-state index contributed by atoms with van der Waals surface area (Å²) in [5, 5.41) is 4.60. The minimum absolute atomic E-state index is 0. The second kappa shape index (κ2) is 17.7. The molecule has 0 N–H and O–H groups in total. The molecule has 0 fully saturated rings. The molecule has 0 amide bonds. The molecule has 5 aromatic carbocycles. The van der Waals surface area contributed by atoms with Crippen molar-refractivity contribution >= 4 is 64.7 Å². The molecule has 0 bridgehead atoms. The maximum Gasteiger partial charge on any atom is 0.0970 e. The molecule has 4 nitrogen and oxygen atoms in total. The van der Waals surface area contributed by atoms with Gasteiger partial charge >= 0.3 is 0 Å². The summed E-state index contributed by atoms with van der Waals surface area (Å²) in [6.07, 6.45) is 7.38. The fourth-order valence-corrected chi connectivity index (χ4v) is 8.59. The van der Waals surface area contributed by atoms with Gasteiger partial charge < -0.3 is 9.97 Å². The Labute approximate surface area is 352 Å². The topological polar surface area (TPSA) is 51.6 Å². The van der Waals surface area contributed by atoms with Crippen LogP contribution < -0.4 is 0 Å². The summed E-state index contributed by atoms with van der Waals surface area (Å²) in [4.78, 5) is 20.2. The van der Waals surface area contributed by atoms with E-state index in [-0.39, 0.29) is 20.1 Å². The van der Waals surface area contributed by atoms with Crippen LogP contribution in [0.4, 0.5) is 0 Å². The van der Waals surface area contributed by atoms with Gasteiger partial charge in [0.25, 0.3) is 0 Å². The Morgan fingerprint density at radius 1 is 0.351 bits per heavy atom. The van der Waals surface area contributed by atoms with Gasteiger partial charge in [0.1, 0.15) is 0 Å². The van der Waals surface area contributed by atoms with E-state index in [0.29, 0.717) is 0 Å². The van der Waals surface area contributed by atoms with Crippen LogP contribution >= 0.6 is 22.7 Å². The molecule has 6 heterocycles. The van der Waals surface area contributed by atoms with Gasteiger partial charge in [0.15, 0.2) is 0 Å². The van der Waals surface area contributed by atoms with E-state index in [4.69, 9.17) is 0 Å². The summed E-state index contributed by atoms with van der Waals surface area (Å²) in [6, 6.07) is 64.5. The van der Waals surface area contributed by atoms with Crippen molar-refractivity contribution in [1.82, 2.24) is 19.9 Å². The van der Waals surface area contributed by atoms with Crippen LogP contribution in [0.15, 0.2) is 195 Å². The fourth-order valence-electron chi connectivity index (χ4n) is 6.63. The van der Waals surface area contributed by atoms with Gasteiger partial charge in [0.2, 0.25) is 0 Å². The van der Waals surface area contributed by atoms with Gasteiger partial charge in [-0.2, -0.15) is 0 Å². The Balaban J connectivity index is 0.000000126. The van der Waals surface area contributed by atoms with E-state index in [1.54, 1.807) is 22.7 Å². The molecule has 0 spiro atoms. The second-order valence-corrected chi connectivity index (χ2v) is 14.9. The van der Waals surface area contributed by atoms with Crippen molar-refractivity contribution in [3.63, 3.8) is 0 Å². The number of hydrogen-bond acceptors (Lipinski definition) is 6. The van der Waals surface area contributed by atoms with Crippen LogP contribution in [-0.4, -0.2) is 19.9 Å². The maximum atomic E-state index is 4.67. The molecule has 0 aliphatic rings. The number of pyridine rings is 4. The van der Waals surface area contributed by atoms with Crippen LogP contribution in [0.3, 0.4) is 0 Å². The van der Waals surface area contributed by atoms with Crippen LogP contribution in [-0.2, 0) is 20.1 Å². The minimum Gasteiger partial charge on any atom is -0.303 e. The van der Waals surface area contributed by atoms with Crippen molar-refractivity contribution in [3.05, 3.63) is 207 Å². The predicted molar refractivity (Wildman–Crippen MR) is 236 cm³/mol. The van der Waals surface area contributed by atoms with Crippen molar-refractivity contribution in [2.75, 3.05) is 0 Å². The van der Waals surface area contributed by atoms with Gasteiger partial charge in [-0.1, -0.05) is 121 Å². The number of thiophene rings is 2. The molecule has 0 saturated carbocycles. The van der Waals surface area contributed by atoms with Crippen molar-refractivity contribution < 1.29 is 20.1 Å². The summed E-state index contributed by atoms with van der Waals surface area (Å²) in [7, 11) is 0. The molecule has 0 atom stereocenters. The molecular weight excluding hydrogens is 913 g/mol. The zero-order valence-corrected chi connectivity index (χ0v) is 34.4. The van der Waals surface area contributed by atoms with E-state index in [1.165, 1.54) is 42.4 Å². The first-order valence-electron chi connectivity index (χ1n) is 18.2. The Morgan fingerprint density at radius 3 is 1.16 bits per heavy atom. The van der Waals surface area contributed by atoms with Crippen molar-refractivity contribution in [3.8, 4) is 43.4 Å². The van der Waals surface area contributed by atoms with Crippen LogP contribution in [0.2, 0.25) is 0 Å². The summed E-state index contributed by atoms with van der Waals surface area (Å²) >= 11 is 3.46. The third-order valence-electron chi connectivity index (χ3n) is 9.28. The van der Waals surface area contributed by atoms with E-state index in [2.05, 4.69) is 141 Å². The molecule has 7 heteroatoms. The third-order valence-corrected chi connectivity index (χ3v) is 11.5. The van der Waals surface area contributed by atoms with Crippen molar-refractivity contribution in [2.45, 2.75) is 0 Å². The van der Waals surface area contributed by atoms with Crippen LogP contribution in [0, 0.1) is 12.1 Å². The molecule has 0 aliphatic heterocycles. The van der Waals surface area contributed by atoms with Gasteiger partial charge in [0.05, 0.1) is 11.0 Å². The first kappa shape index (κ1) is 37.7. The normalized spacial score (nSPS) is 10.7. The first-order chi connectivity index (χ1) is 27.8. The molecule has 275 valence electrons. The third kappa shape index (κ3) is 8.34. The number of benzene rings is 5. The molecule has 6 aromatic heterocycles. The smallest absolute Gasteiger partial charge is 0.0970 e. The van der Waals surface area contributed by atoms with E-state index in [9.17, 15) is 0 Å². The zero-order chi connectivity index (χ0) is 37.5. The summed E-state index contributed by atoms with van der Waals surface area (Å²) < 4.78 is 2.52. The second-order valence-electron chi connectivity index (χ2n) is 12.8. The number of nitrogens with zero attached hydrogens (tertiary/aromatic N) is 4. The van der Waals surface area contributed by atoms with E-state index < -0.39 is 0 Å². The molecule has 1 radical (unpaired) electrons.